The van der Waals surface area contributed by atoms with Crippen molar-refractivity contribution < 1.29 is 19.4 Å². The van der Waals surface area contributed by atoms with Crippen LogP contribution in [0, 0.1) is 5.41 Å². The molecule has 2 rings (SSSR count). The SMILES string of the molecule is O=C(O)CC1(CCCc2ccccc2)CCOC1=O. The molecule has 4 heteroatoms. The topological polar surface area (TPSA) is 63.6 Å². The molecule has 1 aromatic carbocycles. The highest BCUT2D eigenvalue weighted by atomic mass is 16.5. The van der Waals surface area contributed by atoms with Gasteiger partial charge in [-0.1, -0.05) is 30.3 Å². The van der Waals surface area contributed by atoms with E-state index < -0.39 is 11.4 Å². The van der Waals surface area contributed by atoms with E-state index in [1.165, 1.54) is 5.56 Å². The van der Waals surface area contributed by atoms with Crippen LogP contribution >= 0.6 is 0 Å². The molecule has 0 bridgehead atoms. The number of esters is 1. The summed E-state index contributed by atoms with van der Waals surface area (Å²) in [6, 6.07) is 10.00. The van der Waals surface area contributed by atoms with Crippen LogP contribution in [0.25, 0.3) is 0 Å². The lowest BCUT2D eigenvalue weighted by molar-refractivity contribution is -0.152. The number of benzene rings is 1. The van der Waals surface area contributed by atoms with Gasteiger partial charge in [-0.05, 0) is 31.2 Å². The van der Waals surface area contributed by atoms with E-state index in [1.807, 2.05) is 30.3 Å². The fourth-order valence-electron chi connectivity index (χ4n) is 2.64. The van der Waals surface area contributed by atoms with Gasteiger partial charge in [0.15, 0.2) is 0 Å². The molecule has 1 saturated heterocycles. The smallest absolute Gasteiger partial charge is 0.312 e. The lowest BCUT2D eigenvalue weighted by atomic mass is 9.78. The van der Waals surface area contributed by atoms with Crippen molar-refractivity contribution in [1.82, 2.24) is 0 Å². The quantitative estimate of drug-likeness (QED) is 0.800. The molecule has 0 aromatic heterocycles. The number of aryl methyl sites for hydroxylation is 1. The number of ether oxygens (including phenoxy) is 1. The van der Waals surface area contributed by atoms with E-state index in [0.29, 0.717) is 19.4 Å². The maximum absolute atomic E-state index is 11.8. The van der Waals surface area contributed by atoms with Gasteiger partial charge < -0.3 is 9.84 Å². The van der Waals surface area contributed by atoms with Crippen LogP contribution < -0.4 is 0 Å². The Morgan fingerprint density at radius 1 is 1.32 bits per heavy atom. The Labute approximate surface area is 112 Å². The van der Waals surface area contributed by atoms with E-state index in [2.05, 4.69) is 0 Å². The lowest BCUT2D eigenvalue weighted by Gasteiger charge is -2.22. The molecule has 1 unspecified atom stereocenters. The van der Waals surface area contributed by atoms with E-state index in [9.17, 15) is 9.59 Å². The first-order valence-corrected chi connectivity index (χ1v) is 6.55. The van der Waals surface area contributed by atoms with Gasteiger partial charge in [0, 0.05) is 0 Å². The second kappa shape index (κ2) is 5.87. The molecular weight excluding hydrogens is 244 g/mol. The van der Waals surface area contributed by atoms with Crippen molar-refractivity contribution in [3.05, 3.63) is 35.9 Å². The van der Waals surface area contributed by atoms with E-state index >= 15 is 0 Å². The van der Waals surface area contributed by atoms with Crippen molar-refractivity contribution >= 4 is 11.9 Å². The fraction of sp³-hybridized carbons (Fsp3) is 0.467. The molecule has 1 fully saturated rings. The molecule has 19 heavy (non-hydrogen) atoms. The minimum atomic E-state index is -0.932. The van der Waals surface area contributed by atoms with Gasteiger partial charge in [0.2, 0.25) is 0 Å². The maximum Gasteiger partial charge on any atom is 0.312 e. The van der Waals surface area contributed by atoms with Gasteiger partial charge in [-0.2, -0.15) is 0 Å². The second-order valence-electron chi connectivity index (χ2n) is 5.08. The first kappa shape index (κ1) is 13.6. The summed E-state index contributed by atoms with van der Waals surface area (Å²) in [6.45, 7) is 0.345. The molecule has 1 heterocycles. The molecule has 0 aliphatic carbocycles. The van der Waals surface area contributed by atoms with Gasteiger partial charge >= 0.3 is 11.9 Å². The lowest BCUT2D eigenvalue weighted by Crippen LogP contribution is -2.29. The first-order valence-electron chi connectivity index (χ1n) is 6.55. The molecule has 1 N–H and O–H groups in total. The predicted octanol–water partition coefficient (Wildman–Crippen LogP) is 2.42. The molecule has 0 spiro atoms. The third-order valence-electron chi connectivity index (χ3n) is 3.70. The Bertz CT molecular complexity index is 454. The predicted molar refractivity (Wildman–Crippen MR) is 69.6 cm³/mol. The number of carbonyl (C=O) groups excluding carboxylic acids is 1. The van der Waals surface area contributed by atoms with Crippen molar-refractivity contribution in [3.63, 3.8) is 0 Å². The first-order chi connectivity index (χ1) is 9.12. The average Bonchev–Trinajstić information content (AvgIpc) is 2.71. The highest BCUT2D eigenvalue weighted by molar-refractivity contribution is 5.84. The largest absolute Gasteiger partial charge is 0.481 e. The van der Waals surface area contributed by atoms with Crippen molar-refractivity contribution in [2.75, 3.05) is 6.61 Å². The number of carboxylic acids is 1. The molecule has 1 aliphatic heterocycles. The zero-order valence-corrected chi connectivity index (χ0v) is 10.8. The summed E-state index contributed by atoms with van der Waals surface area (Å²) in [5.41, 5.74) is 0.403. The van der Waals surface area contributed by atoms with Crippen molar-refractivity contribution in [3.8, 4) is 0 Å². The van der Waals surface area contributed by atoms with E-state index in [4.69, 9.17) is 9.84 Å². The van der Waals surface area contributed by atoms with Crippen LogP contribution in [0.2, 0.25) is 0 Å². The van der Waals surface area contributed by atoms with Crippen LogP contribution in [0.1, 0.15) is 31.2 Å². The van der Waals surface area contributed by atoms with Crippen molar-refractivity contribution in [2.45, 2.75) is 32.1 Å². The molecular formula is C15H18O4. The number of hydrogen-bond donors (Lipinski definition) is 1. The van der Waals surface area contributed by atoms with Crippen molar-refractivity contribution in [2.24, 2.45) is 5.41 Å². The van der Waals surface area contributed by atoms with Gasteiger partial charge in [0.05, 0.1) is 18.4 Å². The average molecular weight is 262 g/mol. The Kier molecular flexibility index (Phi) is 4.20. The Balaban J connectivity index is 1.94. The molecule has 1 atom stereocenters. The molecule has 0 saturated carbocycles. The minimum Gasteiger partial charge on any atom is -0.481 e. The Morgan fingerprint density at radius 2 is 2.05 bits per heavy atom. The summed E-state index contributed by atoms with van der Waals surface area (Å²) in [5, 5.41) is 8.97. The van der Waals surface area contributed by atoms with E-state index in [-0.39, 0.29) is 12.4 Å². The normalized spacial score (nSPS) is 22.2. The number of carbonyl (C=O) groups is 2. The molecule has 1 aliphatic rings. The van der Waals surface area contributed by atoms with Crippen molar-refractivity contribution in [1.29, 1.82) is 0 Å². The van der Waals surface area contributed by atoms with Crippen LogP contribution in [0.4, 0.5) is 0 Å². The second-order valence-corrected chi connectivity index (χ2v) is 5.08. The third-order valence-corrected chi connectivity index (χ3v) is 3.70. The number of rotatable bonds is 6. The van der Waals surface area contributed by atoms with Crippen LogP contribution in [-0.4, -0.2) is 23.7 Å². The summed E-state index contributed by atoms with van der Waals surface area (Å²) < 4.78 is 4.97. The summed E-state index contributed by atoms with van der Waals surface area (Å²) >= 11 is 0. The van der Waals surface area contributed by atoms with E-state index in [0.717, 1.165) is 12.8 Å². The number of hydrogen-bond acceptors (Lipinski definition) is 3. The summed E-state index contributed by atoms with van der Waals surface area (Å²) in [4.78, 5) is 22.7. The van der Waals surface area contributed by atoms with Crippen LogP contribution in [0.5, 0.6) is 0 Å². The molecule has 0 amide bonds. The number of aliphatic carboxylic acids is 1. The highest BCUT2D eigenvalue weighted by Gasteiger charge is 2.45. The number of carboxylic acid groups (broad SMARTS) is 1. The standard InChI is InChI=1S/C15H18O4/c16-13(17)11-15(9-10-19-14(15)18)8-4-7-12-5-2-1-3-6-12/h1-3,5-6H,4,7-11H2,(H,16,17). The molecule has 4 nitrogen and oxygen atoms in total. The van der Waals surface area contributed by atoms with E-state index in [1.54, 1.807) is 0 Å². The van der Waals surface area contributed by atoms with Gasteiger partial charge in [-0.3, -0.25) is 9.59 Å². The van der Waals surface area contributed by atoms with Crippen LogP contribution in [-0.2, 0) is 20.7 Å². The Hall–Kier alpha value is -1.84. The van der Waals surface area contributed by atoms with Gasteiger partial charge in [-0.15, -0.1) is 0 Å². The molecule has 0 radical (unpaired) electrons. The zero-order valence-electron chi connectivity index (χ0n) is 10.8. The third kappa shape index (κ3) is 3.34. The Morgan fingerprint density at radius 3 is 2.63 bits per heavy atom. The van der Waals surface area contributed by atoms with Gasteiger partial charge in [-0.25, -0.2) is 0 Å². The maximum atomic E-state index is 11.8. The van der Waals surface area contributed by atoms with Gasteiger partial charge in [0.1, 0.15) is 0 Å². The summed E-state index contributed by atoms with van der Waals surface area (Å²) in [6.07, 6.45) is 2.63. The summed E-state index contributed by atoms with van der Waals surface area (Å²) in [5.74, 6) is -1.28. The zero-order chi connectivity index (χ0) is 13.7. The molecule has 1 aromatic rings. The monoisotopic (exact) mass is 262 g/mol. The molecule has 102 valence electrons. The summed E-state index contributed by atoms with van der Waals surface area (Å²) in [7, 11) is 0. The highest BCUT2D eigenvalue weighted by Crippen LogP contribution is 2.38. The van der Waals surface area contributed by atoms with Gasteiger partial charge in [0.25, 0.3) is 0 Å². The fourth-order valence-corrected chi connectivity index (χ4v) is 2.64. The number of cyclic esters (lactones) is 1. The van der Waals surface area contributed by atoms with Crippen LogP contribution in [0.15, 0.2) is 30.3 Å². The van der Waals surface area contributed by atoms with Crippen LogP contribution in [0.3, 0.4) is 0 Å². The minimum absolute atomic E-state index is 0.124.